The summed E-state index contributed by atoms with van der Waals surface area (Å²) in [6, 6.07) is 1.25. The van der Waals surface area contributed by atoms with Crippen LogP contribution in [0.3, 0.4) is 0 Å². The van der Waals surface area contributed by atoms with Crippen LogP contribution in [-0.2, 0) is 21.6 Å². The highest BCUT2D eigenvalue weighted by molar-refractivity contribution is 6.07. The minimum Gasteiger partial charge on any atom is -0.507 e. The van der Waals surface area contributed by atoms with Crippen molar-refractivity contribution >= 4 is 22.8 Å². The van der Waals surface area contributed by atoms with Crippen LogP contribution < -0.4 is 5.43 Å². The van der Waals surface area contributed by atoms with Gasteiger partial charge >= 0.3 is 0 Å². The quantitative estimate of drug-likeness (QED) is 0.607. The Morgan fingerprint density at radius 3 is 2.32 bits per heavy atom. The third kappa shape index (κ3) is 3.65. The topological polar surface area (TPSA) is 117 Å². The molecule has 1 aliphatic rings. The van der Waals surface area contributed by atoms with Crippen LogP contribution in [0.5, 0.6) is 11.5 Å². The summed E-state index contributed by atoms with van der Waals surface area (Å²) in [6.07, 6.45) is 4.79. The fourth-order valence-electron chi connectivity index (χ4n) is 3.70. The minimum atomic E-state index is -1.80. The summed E-state index contributed by atoms with van der Waals surface area (Å²) in [5.41, 5.74) is -0.584. The zero-order valence-electron chi connectivity index (χ0n) is 18.2. The van der Waals surface area contributed by atoms with E-state index in [0.29, 0.717) is 0 Å². The van der Waals surface area contributed by atoms with E-state index in [2.05, 4.69) is 0 Å². The number of benzene rings is 1. The molecule has 3 N–H and O–H groups in total. The van der Waals surface area contributed by atoms with E-state index in [1.807, 2.05) is 27.7 Å². The molecule has 0 saturated carbocycles. The summed E-state index contributed by atoms with van der Waals surface area (Å²) in [4.78, 5) is 26.5. The van der Waals surface area contributed by atoms with Crippen molar-refractivity contribution in [2.24, 2.45) is 0 Å². The lowest BCUT2D eigenvalue weighted by Crippen LogP contribution is -2.45. The average molecular weight is 426 g/mol. The van der Waals surface area contributed by atoms with Crippen molar-refractivity contribution in [2.75, 3.05) is 7.11 Å². The molecule has 0 aliphatic heterocycles. The fraction of sp³-hybridized carbons (Fsp3) is 0.333. The molecule has 1 unspecified atom stereocenters. The maximum absolute atomic E-state index is 13.6. The Morgan fingerprint density at radius 1 is 1.10 bits per heavy atom. The van der Waals surface area contributed by atoms with Gasteiger partial charge in [-0.05, 0) is 34.1 Å². The maximum Gasteiger partial charge on any atom is 0.234 e. The van der Waals surface area contributed by atoms with Gasteiger partial charge in [-0.15, -0.1) is 0 Å². The van der Waals surface area contributed by atoms with E-state index in [1.54, 1.807) is 12.2 Å². The highest BCUT2D eigenvalue weighted by atomic mass is 16.5. The molecule has 3 rings (SSSR count). The predicted octanol–water partition coefficient (Wildman–Crippen LogP) is 4.39. The number of carbonyl (C=O) groups excluding carboxylic acids is 1. The molecule has 0 amide bonds. The van der Waals surface area contributed by atoms with Crippen LogP contribution in [0, 0.1) is 0 Å². The Kier molecular flexibility index (Phi) is 5.83. The third-order valence-electron chi connectivity index (χ3n) is 5.40. The van der Waals surface area contributed by atoms with Gasteiger partial charge in [0.25, 0.3) is 0 Å². The molecular weight excluding hydrogens is 400 g/mol. The first-order valence-corrected chi connectivity index (χ1v) is 9.86. The Hall–Kier alpha value is -3.32. The van der Waals surface area contributed by atoms with Gasteiger partial charge in [0.2, 0.25) is 11.2 Å². The Balaban J connectivity index is 2.42. The lowest BCUT2D eigenvalue weighted by atomic mass is 9.79. The van der Waals surface area contributed by atoms with E-state index >= 15 is 0 Å². The van der Waals surface area contributed by atoms with E-state index in [9.17, 15) is 24.9 Å². The molecule has 7 nitrogen and oxygen atoms in total. The largest absolute Gasteiger partial charge is 0.507 e. The van der Waals surface area contributed by atoms with E-state index in [4.69, 9.17) is 9.15 Å². The number of ketones is 1. The second-order valence-corrected chi connectivity index (χ2v) is 8.13. The molecule has 1 aromatic carbocycles. The van der Waals surface area contributed by atoms with E-state index in [-0.39, 0.29) is 46.4 Å². The number of ether oxygens (including phenoxy) is 1. The van der Waals surface area contributed by atoms with Gasteiger partial charge in [-0.25, -0.2) is 0 Å². The summed E-state index contributed by atoms with van der Waals surface area (Å²) >= 11 is 0. The lowest BCUT2D eigenvalue weighted by Gasteiger charge is -2.33. The van der Waals surface area contributed by atoms with Gasteiger partial charge in [0.15, 0.2) is 11.4 Å². The predicted molar refractivity (Wildman–Crippen MR) is 117 cm³/mol. The molecule has 7 heteroatoms. The molecule has 0 spiro atoms. The van der Waals surface area contributed by atoms with Crippen molar-refractivity contribution in [3.8, 4) is 11.5 Å². The number of hydrogen-bond acceptors (Lipinski definition) is 7. The zero-order valence-corrected chi connectivity index (χ0v) is 18.2. The van der Waals surface area contributed by atoms with E-state index in [0.717, 1.165) is 17.2 Å². The molecule has 0 saturated heterocycles. The molecule has 0 radical (unpaired) electrons. The van der Waals surface area contributed by atoms with Crippen LogP contribution in [0.2, 0.25) is 0 Å². The highest BCUT2D eigenvalue weighted by Gasteiger charge is 2.49. The first-order valence-electron chi connectivity index (χ1n) is 9.86. The highest BCUT2D eigenvalue weighted by Crippen LogP contribution is 2.42. The number of methoxy groups -OCH3 is 1. The van der Waals surface area contributed by atoms with Crippen molar-refractivity contribution in [1.29, 1.82) is 0 Å². The number of rotatable bonds is 5. The van der Waals surface area contributed by atoms with Crippen LogP contribution in [0.1, 0.15) is 51.0 Å². The van der Waals surface area contributed by atoms with Gasteiger partial charge < -0.3 is 24.5 Å². The number of hydrogen-bond donors (Lipinski definition) is 3. The van der Waals surface area contributed by atoms with Crippen LogP contribution in [-0.4, -0.2) is 28.2 Å². The Labute approximate surface area is 179 Å². The van der Waals surface area contributed by atoms with Gasteiger partial charge in [-0.2, -0.15) is 0 Å². The van der Waals surface area contributed by atoms with E-state index < -0.39 is 28.3 Å². The molecule has 0 fully saturated rings. The monoisotopic (exact) mass is 426 g/mol. The molecule has 164 valence electrons. The van der Waals surface area contributed by atoms with Crippen molar-refractivity contribution < 1.29 is 29.3 Å². The number of phenolic OH excluding ortho intramolecular Hbond substituents is 2. The van der Waals surface area contributed by atoms with Crippen LogP contribution in [0.15, 0.2) is 44.3 Å². The van der Waals surface area contributed by atoms with Crippen molar-refractivity contribution in [1.82, 2.24) is 0 Å². The number of carbonyl (C=O) groups is 1. The SMILES string of the molecule is COC1(CC=C(C)C)C(=O)C(O)=Cc2oc3cc(O)c(CC=C(C)C)c(O)c3c(=O)c21. The van der Waals surface area contributed by atoms with Crippen LogP contribution >= 0.6 is 0 Å². The lowest BCUT2D eigenvalue weighted by molar-refractivity contribution is -0.141. The fourth-order valence-corrected chi connectivity index (χ4v) is 3.70. The molecule has 31 heavy (non-hydrogen) atoms. The van der Waals surface area contributed by atoms with Crippen LogP contribution in [0.4, 0.5) is 0 Å². The first kappa shape index (κ1) is 22.4. The molecule has 0 bridgehead atoms. The zero-order chi connectivity index (χ0) is 23.1. The van der Waals surface area contributed by atoms with Crippen molar-refractivity contribution in [3.63, 3.8) is 0 Å². The number of phenols is 2. The Morgan fingerprint density at radius 2 is 1.74 bits per heavy atom. The second-order valence-electron chi connectivity index (χ2n) is 8.13. The summed E-state index contributed by atoms with van der Waals surface area (Å²) in [5, 5.41) is 31.3. The number of aliphatic hydroxyl groups is 1. The maximum atomic E-state index is 13.6. The standard InChI is InChI=1S/C24H26O7/c1-12(2)6-7-14-15(25)10-17-19(21(14)27)22(28)20-18(31-17)11-16(26)23(29)24(20,30-5)9-8-13(3)4/h6,8,10-11,25-27H,7,9H2,1-5H3. The minimum absolute atomic E-state index is 0.00466. The summed E-state index contributed by atoms with van der Waals surface area (Å²) < 4.78 is 11.3. The molecule has 1 heterocycles. The van der Waals surface area contributed by atoms with Gasteiger partial charge in [-0.3, -0.25) is 9.59 Å². The Bertz CT molecular complexity index is 1220. The number of aromatic hydroxyl groups is 2. The summed E-state index contributed by atoms with van der Waals surface area (Å²) in [5.74, 6) is -2.08. The van der Waals surface area contributed by atoms with Gasteiger partial charge in [0.1, 0.15) is 28.2 Å². The summed E-state index contributed by atoms with van der Waals surface area (Å²) in [7, 11) is 1.28. The molecule has 1 atom stereocenters. The van der Waals surface area contributed by atoms with Gasteiger partial charge in [-0.1, -0.05) is 23.3 Å². The van der Waals surface area contributed by atoms with Crippen molar-refractivity contribution in [3.05, 3.63) is 62.2 Å². The number of fused-ring (bicyclic) bond motifs is 2. The van der Waals surface area contributed by atoms with Crippen LogP contribution in [0.25, 0.3) is 17.0 Å². The van der Waals surface area contributed by atoms with Gasteiger partial charge in [0, 0.05) is 31.2 Å². The molecule has 2 aromatic rings. The van der Waals surface area contributed by atoms with Crippen molar-refractivity contribution in [2.45, 2.75) is 46.1 Å². The molecule has 1 aromatic heterocycles. The smallest absolute Gasteiger partial charge is 0.234 e. The van der Waals surface area contributed by atoms with Gasteiger partial charge in [0.05, 0.1) is 5.56 Å². The number of allylic oxidation sites excluding steroid dienone is 3. The molecule has 1 aliphatic carbocycles. The first-order chi connectivity index (χ1) is 14.5. The number of Topliss-reactive ketones (excluding diaryl/α,β-unsaturated/α-hetero) is 1. The second kappa shape index (κ2) is 8.07. The normalized spacial score (nSPS) is 17.8. The van der Waals surface area contributed by atoms with E-state index in [1.165, 1.54) is 13.2 Å². The summed E-state index contributed by atoms with van der Waals surface area (Å²) in [6.45, 7) is 7.42. The number of aliphatic hydroxyl groups excluding tert-OH is 1. The average Bonchev–Trinajstić information content (AvgIpc) is 2.68. The third-order valence-corrected chi connectivity index (χ3v) is 5.40. The molecular formula is C24H26O7.